The minimum Gasteiger partial charge on any atom is -0.174 e. The summed E-state index contributed by atoms with van der Waals surface area (Å²) in [5, 5.41) is 0. The van der Waals surface area contributed by atoms with E-state index < -0.39 is 0 Å². The number of hydrogen-bond donors (Lipinski definition) is 1. The fourth-order valence-electron chi connectivity index (χ4n) is 0.660. The molecule has 0 saturated heterocycles. The summed E-state index contributed by atoms with van der Waals surface area (Å²) in [6, 6.07) is 0. The minimum atomic E-state index is 0.0655. The Morgan fingerprint density at radius 2 is 2.11 bits per heavy atom. The van der Waals surface area contributed by atoms with Crippen molar-refractivity contribution in [3.8, 4) is 0 Å². The van der Waals surface area contributed by atoms with E-state index >= 15 is 0 Å². The van der Waals surface area contributed by atoms with Gasteiger partial charge in [0.15, 0.2) is 0 Å². The monoisotopic (exact) mass is 142 g/mol. The van der Waals surface area contributed by atoms with Gasteiger partial charge in [-0.15, -0.1) is 0 Å². The van der Waals surface area contributed by atoms with Gasteiger partial charge in [-0.05, 0) is 6.42 Å². The molecule has 0 saturated carbocycles. The second-order valence-electron chi connectivity index (χ2n) is 2.80. The van der Waals surface area contributed by atoms with Crippen LogP contribution in [-0.4, -0.2) is 12.6 Å². The topological polar surface area (TPSA) is 0 Å². The van der Waals surface area contributed by atoms with E-state index in [1.54, 1.807) is 0 Å². The van der Waals surface area contributed by atoms with Gasteiger partial charge in [0.1, 0.15) is 0 Å². The quantitative estimate of drug-likeness (QED) is 0.452. The molecule has 1 unspecified atom stereocenters. The molecule has 0 N–H and O–H groups in total. The van der Waals surface area contributed by atoms with Gasteiger partial charge in [-0.25, -0.2) is 0 Å². The van der Waals surface area contributed by atoms with E-state index in [2.05, 4.69) is 26.5 Å². The summed E-state index contributed by atoms with van der Waals surface area (Å²) >= 11 is 4.40. The summed E-state index contributed by atoms with van der Waals surface area (Å²) in [7, 11) is 5.47. The predicted octanol–water partition coefficient (Wildman–Crippen LogP) is 2.45. The van der Waals surface area contributed by atoms with Gasteiger partial charge in [0.2, 0.25) is 0 Å². The lowest BCUT2D eigenvalue weighted by Gasteiger charge is -2.20. The molecular weight excluding hydrogens is 127 g/mol. The molecule has 0 aromatic rings. The third kappa shape index (κ3) is 4.89. The predicted molar refractivity (Wildman–Crippen MR) is 47.5 cm³/mol. The van der Waals surface area contributed by atoms with Crippen molar-refractivity contribution in [2.24, 2.45) is 0 Å². The van der Waals surface area contributed by atoms with E-state index in [-0.39, 0.29) is 4.75 Å². The molecule has 0 aromatic carbocycles. The largest absolute Gasteiger partial charge is 0.174 e. The van der Waals surface area contributed by atoms with Crippen molar-refractivity contribution in [2.45, 2.75) is 44.2 Å². The molecule has 0 heterocycles. The van der Waals surface area contributed by atoms with Gasteiger partial charge >= 0.3 is 0 Å². The highest BCUT2D eigenvalue weighted by molar-refractivity contribution is 7.81. The molecule has 0 nitrogen and oxygen atoms in total. The first-order valence-electron chi connectivity index (χ1n) is 3.55. The highest BCUT2D eigenvalue weighted by Crippen LogP contribution is 2.23. The maximum Gasteiger partial charge on any atom is 0.0671 e. The molecule has 2 heteroatoms. The molecule has 0 aliphatic carbocycles. The molecule has 9 heavy (non-hydrogen) atoms. The number of rotatable bonds is 4. The van der Waals surface area contributed by atoms with Gasteiger partial charge < -0.3 is 0 Å². The van der Waals surface area contributed by atoms with E-state index in [4.69, 9.17) is 7.85 Å². The van der Waals surface area contributed by atoms with Crippen LogP contribution in [0, 0.1) is 0 Å². The Morgan fingerprint density at radius 3 is 2.44 bits per heavy atom. The van der Waals surface area contributed by atoms with Crippen LogP contribution in [0.2, 0.25) is 6.32 Å². The third-order valence-electron chi connectivity index (χ3n) is 1.51. The third-order valence-corrected chi connectivity index (χ3v) is 1.91. The van der Waals surface area contributed by atoms with Crippen molar-refractivity contribution in [3.63, 3.8) is 0 Å². The Labute approximate surface area is 65.2 Å². The van der Waals surface area contributed by atoms with E-state index in [1.165, 1.54) is 12.8 Å². The second kappa shape index (κ2) is 4.27. The first-order chi connectivity index (χ1) is 4.12. The highest BCUT2D eigenvalue weighted by atomic mass is 32.1. The van der Waals surface area contributed by atoms with Crippen LogP contribution in [0.1, 0.15) is 33.1 Å². The van der Waals surface area contributed by atoms with Gasteiger partial charge in [-0.1, -0.05) is 33.0 Å². The summed E-state index contributed by atoms with van der Waals surface area (Å²) in [6.07, 6.45) is 4.27. The fourth-order valence-corrected chi connectivity index (χ4v) is 0.818. The molecule has 0 bridgehead atoms. The Bertz CT molecular complexity index is 71.3. The molecule has 1 atom stereocenters. The molecule has 0 rings (SSSR count). The molecule has 2 radical (unpaired) electrons. The molecule has 0 aliphatic heterocycles. The molecule has 0 spiro atoms. The summed E-state index contributed by atoms with van der Waals surface area (Å²) in [5.74, 6) is 0. The van der Waals surface area contributed by atoms with Crippen molar-refractivity contribution in [2.75, 3.05) is 0 Å². The number of unbranched alkanes of at least 4 members (excludes halogenated alkanes) is 1. The van der Waals surface area contributed by atoms with Crippen LogP contribution in [0.15, 0.2) is 0 Å². The van der Waals surface area contributed by atoms with Gasteiger partial charge in [-0.2, -0.15) is 12.6 Å². The Hall–Kier alpha value is 0.415. The Morgan fingerprint density at radius 1 is 1.56 bits per heavy atom. The van der Waals surface area contributed by atoms with Crippen LogP contribution >= 0.6 is 12.6 Å². The van der Waals surface area contributed by atoms with Gasteiger partial charge in [0, 0.05) is 4.75 Å². The van der Waals surface area contributed by atoms with E-state index in [0.717, 1.165) is 6.42 Å². The van der Waals surface area contributed by atoms with Crippen molar-refractivity contribution >= 4 is 20.5 Å². The van der Waals surface area contributed by atoms with Gasteiger partial charge in [-0.3, -0.25) is 0 Å². The lowest BCUT2D eigenvalue weighted by atomic mass is 9.88. The van der Waals surface area contributed by atoms with Crippen molar-refractivity contribution in [1.82, 2.24) is 0 Å². The zero-order valence-corrected chi connectivity index (χ0v) is 7.25. The first kappa shape index (κ1) is 9.41. The molecule has 52 valence electrons. The van der Waals surface area contributed by atoms with Crippen molar-refractivity contribution < 1.29 is 0 Å². The van der Waals surface area contributed by atoms with Crippen LogP contribution in [0.3, 0.4) is 0 Å². The summed E-state index contributed by atoms with van der Waals surface area (Å²) < 4.78 is 0.0655. The molecule has 0 amide bonds. The maximum atomic E-state index is 5.47. The van der Waals surface area contributed by atoms with Crippen LogP contribution in [0.4, 0.5) is 0 Å². The van der Waals surface area contributed by atoms with Crippen molar-refractivity contribution in [1.29, 1.82) is 0 Å². The Balaban J connectivity index is 3.33. The zero-order valence-electron chi connectivity index (χ0n) is 6.35. The molecule has 0 aliphatic rings. The number of thiol groups is 1. The van der Waals surface area contributed by atoms with E-state index in [9.17, 15) is 0 Å². The smallest absolute Gasteiger partial charge is 0.0671 e. The molecular formula is C7H15BS. The maximum absolute atomic E-state index is 5.47. The van der Waals surface area contributed by atoms with Gasteiger partial charge in [0.25, 0.3) is 0 Å². The SMILES string of the molecule is [B]CC(C)(S)CCCC. The molecule has 0 fully saturated rings. The summed E-state index contributed by atoms with van der Waals surface area (Å²) in [5.41, 5.74) is 0. The second-order valence-corrected chi connectivity index (χ2v) is 3.88. The fraction of sp³-hybridized carbons (Fsp3) is 1.00. The standard InChI is InChI=1S/C7H15BS/c1-3-4-5-7(2,9)6-8/h9H,3-6H2,1-2H3. The number of hydrogen-bond acceptors (Lipinski definition) is 1. The summed E-state index contributed by atoms with van der Waals surface area (Å²) in [6.45, 7) is 4.27. The normalized spacial score (nSPS) is 17.2. The Kier molecular flexibility index (Phi) is 4.46. The van der Waals surface area contributed by atoms with E-state index in [0.29, 0.717) is 6.32 Å². The van der Waals surface area contributed by atoms with Gasteiger partial charge in [0.05, 0.1) is 7.85 Å². The van der Waals surface area contributed by atoms with E-state index in [1.807, 2.05) is 0 Å². The van der Waals surface area contributed by atoms with Crippen LogP contribution in [0.25, 0.3) is 0 Å². The zero-order chi connectivity index (χ0) is 7.33. The van der Waals surface area contributed by atoms with Crippen LogP contribution < -0.4 is 0 Å². The van der Waals surface area contributed by atoms with Crippen LogP contribution in [-0.2, 0) is 0 Å². The lowest BCUT2D eigenvalue weighted by Crippen LogP contribution is -2.14. The lowest BCUT2D eigenvalue weighted by molar-refractivity contribution is 0.597. The van der Waals surface area contributed by atoms with Crippen LogP contribution in [0.5, 0.6) is 0 Å². The van der Waals surface area contributed by atoms with Crippen molar-refractivity contribution in [3.05, 3.63) is 0 Å². The first-order valence-corrected chi connectivity index (χ1v) is 3.99. The highest BCUT2D eigenvalue weighted by Gasteiger charge is 2.13. The molecule has 0 aromatic heterocycles. The summed E-state index contributed by atoms with van der Waals surface area (Å²) in [4.78, 5) is 0. The average molecular weight is 142 g/mol. The average Bonchev–Trinajstić information content (AvgIpc) is 1.84. The minimum absolute atomic E-state index is 0.0655.